The summed E-state index contributed by atoms with van der Waals surface area (Å²) in [5, 5.41) is 79.6. The topological polar surface area (TPSA) is 215 Å². The van der Waals surface area contributed by atoms with Crippen LogP contribution in [0.2, 0.25) is 0 Å². The summed E-state index contributed by atoms with van der Waals surface area (Å²) in [6.07, 6.45) is 10.4. The zero-order valence-electron chi connectivity index (χ0n) is 36.0. The van der Waals surface area contributed by atoms with Crippen molar-refractivity contribution in [3.8, 4) is 5.75 Å². The molecule has 3 saturated carbocycles. The number of aliphatic hydroxyl groups excluding tert-OH is 5. The molecular formula is C50H56N2O11S2. The summed E-state index contributed by atoms with van der Waals surface area (Å²) < 4.78 is 13.7. The Hall–Kier alpha value is -3.93. The lowest BCUT2D eigenvalue weighted by Crippen LogP contribution is -2.86. The number of carbonyl (C=O) groups excluding carboxylic acids is 3. The highest BCUT2D eigenvalue weighted by Gasteiger charge is 2.80. The molecule has 0 radical (unpaired) electrons. The zero-order valence-corrected chi connectivity index (χ0v) is 37.7. The van der Waals surface area contributed by atoms with Gasteiger partial charge in [0.05, 0.1) is 36.4 Å². The minimum absolute atomic E-state index is 0.0163. The first-order valence-corrected chi connectivity index (χ1v) is 25.5. The molecule has 15 heteroatoms. The second kappa shape index (κ2) is 15.6. The first-order valence-electron chi connectivity index (χ1n) is 23.0. The number of benzene rings is 2. The van der Waals surface area contributed by atoms with E-state index < -0.39 is 76.0 Å². The fourth-order valence-electron chi connectivity index (χ4n) is 14.3. The van der Waals surface area contributed by atoms with E-state index in [-0.39, 0.29) is 52.7 Å². The van der Waals surface area contributed by atoms with Crippen molar-refractivity contribution in [3.05, 3.63) is 112 Å². The van der Waals surface area contributed by atoms with Crippen molar-refractivity contribution in [3.63, 3.8) is 0 Å². The Bertz CT molecular complexity index is 2490. The fraction of sp³-hybridized carbons (Fsp3) is 0.540. The molecule has 0 amide bonds. The molecule has 65 heavy (non-hydrogen) atoms. The molecule has 12 unspecified atom stereocenters. The highest BCUT2D eigenvalue weighted by molar-refractivity contribution is 8.76. The monoisotopic (exact) mass is 924 g/mol. The number of ether oxygens (including phenoxy) is 2. The van der Waals surface area contributed by atoms with Crippen molar-refractivity contribution in [1.82, 2.24) is 10.6 Å². The highest BCUT2D eigenvalue weighted by atomic mass is 33.1. The average Bonchev–Trinajstić information content (AvgIpc) is 3.92. The Morgan fingerprint density at radius 3 is 2.58 bits per heavy atom. The minimum atomic E-state index is -2.31. The molecule has 4 spiro atoms. The van der Waals surface area contributed by atoms with Crippen LogP contribution in [-0.2, 0) is 22.6 Å². The zero-order chi connectivity index (χ0) is 45.1. The van der Waals surface area contributed by atoms with Gasteiger partial charge in [-0.1, -0.05) is 76.6 Å². The standard InChI is InChI=1S/C50H56N2O11S2/c53-22-29-5-1-4-28(16-29)17-30-18-35-41(57)34-7-2-8-36-40(34)42(58)47(35,38(56)19-30)26-64-65-27-52-39-21-31(10-15-51-39)46(14-13-45(24-46)11-3-6-33(45)23-54)37-20-32-9-12-49(62-36)44(60)50(37,61)43(59)48(32,25-55)63-49/h1-2,4-5,7-8,10,16,18-19,21,23,32-33,35,37,43-44,51-53,55-56,59-61H,3,6,9,11-15,17,20,22,24-27H2. The molecular weight excluding hydrogens is 869 g/mol. The van der Waals surface area contributed by atoms with E-state index >= 15 is 9.59 Å². The number of aliphatic hydroxyl groups is 6. The summed E-state index contributed by atoms with van der Waals surface area (Å²) in [4.78, 5) is 43.3. The lowest BCUT2D eigenvalue weighted by molar-refractivity contribution is -0.452. The van der Waals surface area contributed by atoms with Gasteiger partial charge in [0, 0.05) is 41.5 Å². The Labute approximate surface area is 385 Å². The maximum atomic E-state index is 15.6. The van der Waals surface area contributed by atoms with Crippen LogP contribution in [-0.4, -0.2) is 102 Å². The number of dihydropyridines is 1. The van der Waals surface area contributed by atoms with Crippen molar-refractivity contribution in [2.45, 2.75) is 100 Å². The Balaban J connectivity index is 1.06. The van der Waals surface area contributed by atoms with Gasteiger partial charge in [0.1, 0.15) is 40.5 Å². The lowest BCUT2D eigenvalue weighted by atomic mass is 9.46. The van der Waals surface area contributed by atoms with Gasteiger partial charge in [0.25, 0.3) is 0 Å². The van der Waals surface area contributed by atoms with E-state index in [1.807, 2.05) is 24.3 Å². The smallest absolute Gasteiger partial charge is 0.240 e. The number of hydrogen-bond acceptors (Lipinski definition) is 15. The van der Waals surface area contributed by atoms with E-state index in [4.69, 9.17) is 9.47 Å². The number of fused-ring (bicyclic) bond motifs is 3. The molecule has 5 fully saturated rings. The van der Waals surface area contributed by atoms with E-state index in [2.05, 4.69) is 22.8 Å². The van der Waals surface area contributed by atoms with Crippen LogP contribution in [0.3, 0.4) is 0 Å². The number of rotatable bonds is 5. The van der Waals surface area contributed by atoms with Crippen molar-refractivity contribution in [1.29, 1.82) is 0 Å². The highest BCUT2D eigenvalue weighted by Crippen LogP contribution is 2.71. The van der Waals surface area contributed by atoms with Crippen LogP contribution >= 0.6 is 21.6 Å². The average molecular weight is 925 g/mol. The lowest BCUT2D eigenvalue weighted by Gasteiger charge is -2.70. The maximum Gasteiger partial charge on any atom is 0.240 e. The second-order valence-corrected chi connectivity index (χ2v) is 22.7. The molecule has 5 aliphatic carbocycles. The third kappa shape index (κ3) is 6.04. The summed E-state index contributed by atoms with van der Waals surface area (Å²) >= 11 is 0. The molecule has 7 bridgehead atoms. The maximum absolute atomic E-state index is 15.6. The predicted octanol–water partition coefficient (Wildman–Crippen LogP) is 4.97. The molecule has 2 aromatic rings. The molecule has 4 heterocycles. The number of hydrogen-bond donors (Lipinski definition) is 8. The van der Waals surface area contributed by atoms with Crippen LogP contribution in [0.15, 0.2) is 89.5 Å². The first-order chi connectivity index (χ1) is 31.3. The fourth-order valence-corrected chi connectivity index (χ4v) is 16.6. The van der Waals surface area contributed by atoms with Gasteiger partial charge in [-0.15, -0.1) is 0 Å². The third-order valence-electron chi connectivity index (χ3n) is 17.5. The summed E-state index contributed by atoms with van der Waals surface area (Å²) in [6.45, 7) is -0.358. The Kier molecular flexibility index (Phi) is 10.4. The van der Waals surface area contributed by atoms with E-state index in [0.29, 0.717) is 50.1 Å². The van der Waals surface area contributed by atoms with Gasteiger partial charge in [0.2, 0.25) is 5.79 Å². The number of nitrogens with one attached hydrogen (secondary N) is 2. The molecule has 344 valence electrons. The number of aldehydes is 1. The molecule has 9 aliphatic rings. The number of allylic oxidation sites excluding steroid dienone is 6. The molecule has 4 aliphatic heterocycles. The number of ketones is 2. The van der Waals surface area contributed by atoms with Crippen LogP contribution in [0.5, 0.6) is 5.75 Å². The summed E-state index contributed by atoms with van der Waals surface area (Å²) in [5.41, 5.74) is -3.76. The van der Waals surface area contributed by atoms with Gasteiger partial charge in [-0.3, -0.25) is 9.59 Å². The molecule has 11 rings (SSSR count). The number of carbonyl (C=O) groups is 3. The van der Waals surface area contributed by atoms with Crippen molar-refractivity contribution in [2.75, 3.05) is 24.8 Å². The van der Waals surface area contributed by atoms with Gasteiger partial charge in [-0.05, 0) is 103 Å². The van der Waals surface area contributed by atoms with Crippen molar-refractivity contribution in [2.24, 2.45) is 39.9 Å². The summed E-state index contributed by atoms with van der Waals surface area (Å²) in [5.74, 6) is -4.73. The quantitative estimate of drug-likeness (QED) is 0.147. The molecule has 12 atom stereocenters. The van der Waals surface area contributed by atoms with Gasteiger partial charge < -0.3 is 55.5 Å². The predicted molar refractivity (Wildman–Crippen MR) is 242 cm³/mol. The van der Waals surface area contributed by atoms with E-state index in [0.717, 1.165) is 54.5 Å². The summed E-state index contributed by atoms with van der Waals surface area (Å²) in [7, 11) is 2.80. The van der Waals surface area contributed by atoms with E-state index in [1.54, 1.807) is 24.3 Å². The Morgan fingerprint density at radius 2 is 1.77 bits per heavy atom. The normalized spacial score (nSPS) is 41.6. The van der Waals surface area contributed by atoms with Gasteiger partial charge in [-0.25, -0.2) is 0 Å². The van der Waals surface area contributed by atoms with E-state index in [1.165, 1.54) is 27.7 Å². The van der Waals surface area contributed by atoms with Crippen molar-refractivity contribution < 1.29 is 54.5 Å². The molecule has 2 saturated heterocycles. The third-order valence-corrected chi connectivity index (χ3v) is 19.7. The van der Waals surface area contributed by atoms with Gasteiger partial charge >= 0.3 is 0 Å². The van der Waals surface area contributed by atoms with Crippen LogP contribution in [0.25, 0.3) is 0 Å². The number of Topliss-reactive ketones (excluding diaryl/α,β-unsaturated/α-hetero) is 2. The second-order valence-electron chi connectivity index (χ2n) is 20.2. The SMILES string of the molecule is O=CC1CCCC12CCC1(C2)C2=CCNC(=C2)NCSSCC23C(=O)c4c(cccc4C(=O)C2C=C(Cc2cccc(CO)c2)C=C3O)OC23CCC4CC1C(O)(C2O)C(O)C4(CO)O3. The Morgan fingerprint density at radius 1 is 0.938 bits per heavy atom. The van der Waals surface area contributed by atoms with E-state index in [9.17, 15) is 35.4 Å². The van der Waals surface area contributed by atoms with Crippen LogP contribution < -0.4 is 15.4 Å². The summed E-state index contributed by atoms with van der Waals surface area (Å²) in [6, 6.07) is 12.1. The largest absolute Gasteiger partial charge is 0.511 e. The van der Waals surface area contributed by atoms with Crippen LogP contribution in [0.4, 0.5) is 0 Å². The molecule has 13 nitrogen and oxygen atoms in total. The van der Waals surface area contributed by atoms with Crippen molar-refractivity contribution >= 4 is 39.4 Å². The molecule has 2 aromatic carbocycles. The molecule has 8 N–H and O–H groups in total. The van der Waals surface area contributed by atoms with Gasteiger partial charge in [0.15, 0.2) is 17.7 Å². The van der Waals surface area contributed by atoms with Crippen LogP contribution in [0, 0.1) is 39.9 Å². The first kappa shape index (κ1) is 43.6. The minimum Gasteiger partial charge on any atom is -0.511 e. The van der Waals surface area contributed by atoms with Crippen LogP contribution in [0.1, 0.15) is 89.6 Å². The molecule has 0 aromatic heterocycles. The van der Waals surface area contributed by atoms with Gasteiger partial charge in [-0.2, -0.15) is 0 Å².